The van der Waals surface area contributed by atoms with Gasteiger partial charge in [-0.3, -0.25) is 10.00 Å². The third kappa shape index (κ3) is 5.57. The van der Waals surface area contributed by atoms with Crippen molar-refractivity contribution in [1.29, 1.82) is 0 Å². The number of aryl methyl sites for hydroxylation is 5. The second-order valence-corrected chi connectivity index (χ2v) is 11.8. The van der Waals surface area contributed by atoms with Crippen LogP contribution in [0.25, 0.3) is 10.2 Å². The van der Waals surface area contributed by atoms with Crippen LogP contribution in [0, 0.1) is 27.7 Å². The van der Waals surface area contributed by atoms with E-state index in [0.29, 0.717) is 6.04 Å². The molecule has 4 aromatic rings. The third-order valence-electron chi connectivity index (χ3n) is 7.88. The van der Waals surface area contributed by atoms with Crippen molar-refractivity contribution in [2.24, 2.45) is 0 Å². The van der Waals surface area contributed by atoms with Crippen molar-refractivity contribution < 1.29 is 4.74 Å². The third-order valence-corrected chi connectivity index (χ3v) is 8.98. The maximum atomic E-state index is 5.69. The van der Waals surface area contributed by atoms with E-state index in [1.54, 1.807) is 18.4 Å². The molecule has 4 heterocycles. The highest BCUT2D eigenvalue weighted by Crippen LogP contribution is 2.34. The second kappa shape index (κ2) is 11.4. The molecule has 0 bridgehead atoms. The van der Waals surface area contributed by atoms with Crippen molar-refractivity contribution >= 4 is 27.4 Å². The monoisotopic (exact) mass is 532 g/mol. The molecule has 7 nitrogen and oxygen atoms in total. The number of benzene rings is 1. The van der Waals surface area contributed by atoms with E-state index in [-0.39, 0.29) is 0 Å². The number of piperidine rings is 1. The number of aromatic nitrogens is 4. The van der Waals surface area contributed by atoms with Gasteiger partial charge in [-0.1, -0.05) is 19.1 Å². The molecule has 8 heteroatoms. The van der Waals surface area contributed by atoms with Crippen molar-refractivity contribution in [2.45, 2.75) is 79.3 Å². The number of nitrogens with zero attached hydrogens (tertiary/aromatic N) is 4. The van der Waals surface area contributed by atoms with Crippen LogP contribution in [0.3, 0.4) is 0 Å². The number of methoxy groups -OCH3 is 1. The Balaban J connectivity index is 1.25. The SMILES string of the molecule is CCCc1nc(NC2CCN(Cc3ccc(OC)c(Cc4c(C)n[nH]c4C)c3)CC2)c2c(C)c(C)sc2n1. The first-order chi connectivity index (χ1) is 18.4. The van der Waals surface area contributed by atoms with E-state index in [1.807, 2.05) is 0 Å². The molecule has 5 rings (SSSR count). The fourth-order valence-corrected chi connectivity index (χ4v) is 6.56. The number of fused-ring (bicyclic) bond motifs is 1. The Morgan fingerprint density at radius 3 is 2.61 bits per heavy atom. The molecule has 2 N–H and O–H groups in total. The maximum absolute atomic E-state index is 5.69. The summed E-state index contributed by atoms with van der Waals surface area (Å²) in [6.07, 6.45) is 5.01. The molecule has 1 aliphatic rings. The van der Waals surface area contributed by atoms with Gasteiger partial charge in [0.05, 0.1) is 18.2 Å². The zero-order valence-electron chi connectivity index (χ0n) is 23.6. The number of nitrogens with one attached hydrogen (secondary N) is 2. The number of rotatable bonds is 9. The number of thiophene rings is 1. The molecule has 1 fully saturated rings. The lowest BCUT2D eigenvalue weighted by molar-refractivity contribution is 0.211. The normalized spacial score (nSPS) is 14.9. The van der Waals surface area contributed by atoms with Crippen LogP contribution in [0.2, 0.25) is 0 Å². The van der Waals surface area contributed by atoms with Crippen LogP contribution in [0.15, 0.2) is 18.2 Å². The molecule has 0 saturated carbocycles. The number of likely N-dealkylation sites (tertiary alicyclic amines) is 1. The van der Waals surface area contributed by atoms with Crippen LogP contribution in [0.4, 0.5) is 5.82 Å². The summed E-state index contributed by atoms with van der Waals surface area (Å²) in [4.78, 5) is 14.8. The Kier molecular flexibility index (Phi) is 8.00. The van der Waals surface area contributed by atoms with Gasteiger partial charge in [-0.15, -0.1) is 11.3 Å². The fourth-order valence-electron chi connectivity index (χ4n) is 5.51. The number of hydrogen-bond acceptors (Lipinski definition) is 7. The van der Waals surface area contributed by atoms with Crippen LogP contribution < -0.4 is 10.1 Å². The minimum Gasteiger partial charge on any atom is -0.496 e. The number of anilines is 1. The van der Waals surface area contributed by atoms with Gasteiger partial charge in [0.25, 0.3) is 0 Å². The maximum Gasteiger partial charge on any atom is 0.139 e. The van der Waals surface area contributed by atoms with Crippen molar-refractivity contribution in [1.82, 2.24) is 25.1 Å². The van der Waals surface area contributed by atoms with E-state index in [4.69, 9.17) is 14.7 Å². The average Bonchev–Trinajstić information content (AvgIpc) is 3.37. The predicted molar refractivity (Wildman–Crippen MR) is 157 cm³/mol. The van der Waals surface area contributed by atoms with Crippen molar-refractivity contribution in [3.8, 4) is 5.75 Å². The summed E-state index contributed by atoms with van der Waals surface area (Å²) in [5.41, 5.74) is 7.29. The molecule has 0 atom stereocenters. The van der Waals surface area contributed by atoms with E-state index in [1.165, 1.54) is 32.5 Å². The van der Waals surface area contributed by atoms with E-state index < -0.39 is 0 Å². The Bertz CT molecular complexity index is 1400. The Labute approximate surface area is 230 Å². The fraction of sp³-hybridized carbons (Fsp3) is 0.500. The van der Waals surface area contributed by atoms with Crippen molar-refractivity contribution in [3.05, 3.63) is 62.5 Å². The largest absolute Gasteiger partial charge is 0.496 e. The first-order valence-corrected chi connectivity index (χ1v) is 14.6. The molecule has 0 spiro atoms. The first kappa shape index (κ1) is 26.6. The number of aromatic amines is 1. The van der Waals surface area contributed by atoms with Gasteiger partial charge < -0.3 is 10.1 Å². The lowest BCUT2D eigenvalue weighted by Gasteiger charge is -2.33. The summed E-state index contributed by atoms with van der Waals surface area (Å²) in [6, 6.07) is 7.06. The Hall–Kier alpha value is -2.97. The molecule has 1 saturated heterocycles. The minimum absolute atomic E-state index is 0.428. The lowest BCUT2D eigenvalue weighted by atomic mass is 9.99. The van der Waals surface area contributed by atoms with E-state index in [0.717, 1.165) is 85.3 Å². The number of H-pyrrole nitrogens is 1. The van der Waals surface area contributed by atoms with Gasteiger partial charge in [-0.05, 0) is 69.7 Å². The molecule has 1 aromatic carbocycles. The summed E-state index contributed by atoms with van der Waals surface area (Å²) in [5.74, 6) is 2.93. The molecular formula is C30H40N6OS. The number of hydrogen-bond donors (Lipinski definition) is 2. The van der Waals surface area contributed by atoms with Crippen LogP contribution in [-0.4, -0.2) is 51.3 Å². The standard InChI is InChI=1S/C30H40N6OS/c1-7-8-27-32-29(28-18(2)21(5)38-30(28)33-27)31-24-11-13-36(14-12-24)17-22-9-10-26(37-6)23(15-22)16-25-19(3)34-35-20(25)4/h9-10,15,24H,7-8,11-14,16-17H2,1-6H3,(H,34,35)(H,31,32,33). The molecule has 202 valence electrons. The second-order valence-electron chi connectivity index (χ2n) is 10.6. The molecule has 0 amide bonds. The molecule has 1 aliphatic heterocycles. The Morgan fingerprint density at radius 1 is 1.13 bits per heavy atom. The molecule has 3 aromatic heterocycles. The minimum atomic E-state index is 0.428. The highest BCUT2D eigenvalue weighted by molar-refractivity contribution is 7.18. The van der Waals surface area contributed by atoms with Crippen molar-refractivity contribution in [2.75, 3.05) is 25.5 Å². The summed E-state index contributed by atoms with van der Waals surface area (Å²) in [5, 5.41) is 12.5. The lowest BCUT2D eigenvalue weighted by Crippen LogP contribution is -2.38. The molecule has 0 radical (unpaired) electrons. The summed E-state index contributed by atoms with van der Waals surface area (Å²) < 4.78 is 5.69. The van der Waals surface area contributed by atoms with Gasteiger partial charge in [-0.25, -0.2) is 9.97 Å². The zero-order chi connectivity index (χ0) is 26.8. The van der Waals surface area contributed by atoms with E-state index in [9.17, 15) is 0 Å². The van der Waals surface area contributed by atoms with Gasteiger partial charge in [-0.2, -0.15) is 5.10 Å². The zero-order valence-corrected chi connectivity index (χ0v) is 24.4. The predicted octanol–water partition coefficient (Wildman–Crippen LogP) is 6.28. The summed E-state index contributed by atoms with van der Waals surface area (Å²) >= 11 is 1.79. The molecule has 0 aliphatic carbocycles. The van der Waals surface area contributed by atoms with Gasteiger partial charge in [0.15, 0.2) is 0 Å². The summed E-state index contributed by atoms with van der Waals surface area (Å²) in [6.45, 7) is 13.8. The van der Waals surface area contributed by atoms with Crippen LogP contribution in [0.1, 0.15) is 70.5 Å². The van der Waals surface area contributed by atoms with Gasteiger partial charge in [0, 0.05) is 54.7 Å². The molecule has 0 unspecified atom stereocenters. The summed E-state index contributed by atoms with van der Waals surface area (Å²) in [7, 11) is 1.75. The molecular weight excluding hydrogens is 492 g/mol. The van der Waals surface area contributed by atoms with Gasteiger partial charge in [0.2, 0.25) is 0 Å². The average molecular weight is 533 g/mol. The van der Waals surface area contributed by atoms with Gasteiger partial charge in [0.1, 0.15) is 22.2 Å². The Morgan fingerprint density at radius 2 is 1.92 bits per heavy atom. The molecule has 38 heavy (non-hydrogen) atoms. The van der Waals surface area contributed by atoms with E-state index in [2.05, 4.69) is 73.2 Å². The van der Waals surface area contributed by atoms with E-state index >= 15 is 0 Å². The highest BCUT2D eigenvalue weighted by Gasteiger charge is 2.23. The topological polar surface area (TPSA) is 79.0 Å². The number of ether oxygens (including phenoxy) is 1. The van der Waals surface area contributed by atoms with Crippen LogP contribution >= 0.6 is 11.3 Å². The smallest absolute Gasteiger partial charge is 0.139 e. The van der Waals surface area contributed by atoms with Gasteiger partial charge >= 0.3 is 0 Å². The van der Waals surface area contributed by atoms with Crippen molar-refractivity contribution in [3.63, 3.8) is 0 Å². The first-order valence-electron chi connectivity index (χ1n) is 13.8. The van der Waals surface area contributed by atoms with Crippen LogP contribution in [0.5, 0.6) is 5.75 Å². The highest BCUT2D eigenvalue weighted by atomic mass is 32.1. The van der Waals surface area contributed by atoms with Crippen LogP contribution in [-0.2, 0) is 19.4 Å². The quantitative estimate of drug-likeness (QED) is 0.264.